The van der Waals surface area contributed by atoms with Crippen molar-refractivity contribution in [3.05, 3.63) is 28.2 Å². The molecule has 1 saturated heterocycles. The summed E-state index contributed by atoms with van der Waals surface area (Å²) < 4.78 is 12.5. The molecule has 1 aromatic rings. The fraction of sp³-hybridized carbons (Fsp3) is 0.571. The van der Waals surface area contributed by atoms with Crippen molar-refractivity contribution in [2.45, 2.75) is 18.6 Å². The van der Waals surface area contributed by atoms with Crippen LogP contribution >= 0.6 is 15.9 Å². The number of morpholine rings is 1. The van der Waals surface area contributed by atoms with Gasteiger partial charge in [0.2, 0.25) is 0 Å². The van der Waals surface area contributed by atoms with Crippen LogP contribution in [0.1, 0.15) is 5.56 Å². The number of aliphatic hydroxyl groups excluding tert-OH is 1. The second-order valence-electron chi connectivity index (χ2n) is 5.10. The molecular weight excluding hydrogens is 310 g/mol. The molecule has 2 aliphatic heterocycles. The van der Waals surface area contributed by atoms with Crippen LogP contribution in [-0.4, -0.2) is 55.1 Å². The zero-order valence-electron chi connectivity index (χ0n) is 10.7. The first-order chi connectivity index (χ1) is 9.26. The Balaban J connectivity index is 1.63. The molecule has 0 aromatic heterocycles. The molecule has 0 saturated carbocycles. The second-order valence-corrected chi connectivity index (χ2v) is 6.02. The van der Waals surface area contributed by atoms with Gasteiger partial charge in [0.05, 0.1) is 25.9 Å². The zero-order valence-corrected chi connectivity index (χ0v) is 12.3. The quantitative estimate of drug-likeness (QED) is 0.912. The highest BCUT2D eigenvalue weighted by molar-refractivity contribution is 9.10. The van der Waals surface area contributed by atoms with E-state index in [1.54, 1.807) is 0 Å². The standard InChI is InChI=1S/C14H18BrNO3/c15-11-1-2-14-10(5-11)6-13(19-14)7-16-3-4-18-9-12(16)8-17/h1-2,5,12-13,17H,3-4,6-9H2. The van der Waals surface area contributed by atoms with Crippen molar-refractivity contribution in [2.24, 2.45) is 0 Å². The van der Waals surface area contributed by atoms with Gasteiger partial charge in [0.1, 0.15) is 11.9 Å². The molecule has 0 spiro atoms. The highest BCUT2D eigenvalue weighted by Crippen LogP contribution is 2.31. The lowest BCUT2D eigenvalue weighted by molar-refractivity contribution is -0.0385. The van der Waals surface area contributed by atoms with Crippen LogP contribution in [0.15, 0.2) is 22.7 Å². The average molecular weight is 328 g/mol. The molecule has 4 nitrogen and oxygen atoms in total. The van der Waals surface area contributed by atoms with E-state index < -0.39 is 0 Å². The van der Waals surface area contributed by atoms with Crippen molar-refractivity contribution in [3.63, 3.8) is 0 Å². The first kappa shape index (κ1) is 13.4. The van der Waals surface area contributed by atoms with Crippen molar-refractivity contribution in [3.8, 4) is 5.75 Å². The van der Waals surface area contributed by atoms with Crippen molar-refractivity contribution >= 4 is 15.9 Å². The molecule has 2 unspecified atom stereocenters. The van der Waals surface area contributed by atoms with Gasteiger partial charge in [0, 0.05) is 24.0 Å². The SMILES string of the molecule is OCC1COCCN1CC1Cc2cc(Br)ccc2O1. The number of nitrogens with zero attached hydrogens (tertiary/aromatic N) is 1. The van der Waals surface area contributed by atoms with Crippen LogP contribution in [0.3, 0.4) is 0 Å². The predicted molar refractivity (Wildman–Crippen MR) is 75.5 cm³/mol. The summed E-state index contributed by atoms with van der Waals surface area (Å²) in [5.41, 5.74) is 1.26. The Bertz CT molecular complexity index is 454. The molecule has 0 radical (unpaired) electrons. The number of hydrogen-bond donors (Lipinski definition) is 1. The van der Waals surface area contributed by atoms with Crippen molar-refractivity contribution in [1.82, 2.24) is 4.90 Å². The lowest BCUT2D eigenvalue weighted by atomic mass is 10.1. The molecule has 0 aliphatic carbocycles. The largest absolute Gasteiger partial charge is 0.488 e. The number of hydrogen-bond acceptors (Lipinski definition) is 4. The Labute approximate surface area is 121 Å². The van der Waals surface area contributed by atoms with Gasteiger partial charge in [-0.15, -0.1) is 0 Å². The smallest absolute Gasteiger partial charge is 0.123 e. The molecule has 1 fully saturated rings. The molecule has 0 amide bonds. The fourth-order valence-corrected chi connectivity index (χ4v) is 3.16. The summed E-state index contributed by atoms with van der Waals surface area (Å²) in [5, 5.41) is 9.38. The van der Waals surface area contributed by atoms with Gasteiger partial charge in [-0.1, -0.05) is 15.9 Å². The third kappa shape index (κ3) is 2.94. The van der Waals surface area contributed by atoms with Gasteiger partial charge < -0.3 is 14.6 Å². The average Bonchev–Trinajstić information content (AvgIpc) is 2.80. The number of fused-ring (bicyclic) bond motifs is 1. The summed E-state index contributed by atoms with van der Waals surface area (Å²) in [7, 11) is 0. The molecule has 2 aliphatic rings. The first-order valence-electron chi connectivity index (χ1n) is 6.64. The number of aliphatic hydroxyl groups is 1. The predicted octanol–water partition coefficient (Wildman–Crippen LogP) is 1.45. The molecule has 0 bridgehead atoms. The molecule has 1 aromatic carbocycles. The van der Waals surface area contributed by atoms with Gasteiger partial charge in [-0.3, -0.25) is 4.90 Å². The van der Waals surface area contributed by atoms with Gasteiger partial charge in [0.25, 0.3) is 0 Å². The summed E-state index contributed by atoms with van der Waals surface area (Å²) in [4.78, 5) is 2.27. The molecule has 2 atom stereocenters. The lowest BCUT2D eigenvalue weighted by Gasteiger charge is -2.35. The Hall–Kier alpha value is -0.620. The zero-order chi connectivity index (χ0) is 13.2. The van der Waals surface area contributed by atoms with Crippen molar-refractivity contribution in [2.75, 3.05) is 32.9 Å². The first-order valence-corrected chi connectivity index (χ1v) is 7.43. The highest BCUT2D eigenvalue weighted by Gasteiger charge is 2.29. The van der Waals surface area contributed by atoms with Gasteiger partial charge in [-0.2, -0.15) is 0 Å². The van der Waals surface area contributed by atoms with Crippen LogP contribution in [0.25, 0.3) is 0 Å². The molecule has 2 heterocycles. The minimum absolute atomic E-state index is 0.104. The van der Waals surface area contributed by atoms with Crippen LogP contribution in [0.2, 0.25) is 0 Å². The summed E-state index contributed by atoms with van der Waals surface area (Å²) in [6.07, 6.45) is 1.11. The van der Waals surface area contributed by atoms with E-state index in [0.717, 1.165) is 36.3 Å². The topological polar surface area (TPSA) is 41.9 Å². The third-order valence-electron chi connectivity index (χ3n) is 3.76. The summed E-state index contributed by atoms with van der Waals surface area (Å²) in [5.74, 6) is 0.988. The summed E-state index contributed by atoms with van der Waals surface area (Å²) in [6.45, 7) is 3.21. The van der Waals surface area contributed by atoms with E-state index in [1.807, 2.05) is 12.1 Å². The molecule has 5 heteroatoms. The van der Waals surface area contributed by atoms with Gasteiger partial charge in [-0.05, 0) is 23.8 Å². The van der Waals surface area contributed by atoms with E-state index in [2.05, 4.69) is 26.9 Å². The third-order valence-corrected chi connectivity index (χ3v) is 4.26. The minimum atomic E-state index is 0.104. The Morgan fingerprint density at radius 2 is 2.32 bits per heavy atom. The van der Waals surface area contributed by atoms with Crippen molar-refractivity contribution in [1.29, 1.82) is 0 Å². The van der Waals surface area contributed by atoms with Gasteiger partial charge >= 0.3 is 0 Å². The van der Waals surface area contributed by atoms with E-state index in [9.17, 15) is 5.11 Å². The van der Waals surface area contributed by atoms with Gasteiger partial charge in [-0.25, -0.2) is 0 Å². The van der Waals surface area contributed by atoms with Gasteiger partial charge in [0.15, 0.2) is 0 Å². The summed E-state index contributed by atoms with van der Waals surface area (Å²) in [6, 6.07) is 6.25. The number of benzene rings is 1. The fourth-order valence-electron chi connectivity index (χ4n) is 2.75. The lowest BCUT2D eigenvalue weighted by Crippen LogP contribution is -2.50. The highest BCUT2D eigenvalue weighted by atomic mass is 79.9. The number of rotatable bonds is 3. The van der Waals surface area contributed by atoms with E-state index in [4.69, 9.17) is 9.47 Å². The molecule has 19 heavy (non-hydrogen) atoms. The Kier molecular flexibility index (Phi) is 4.07. The molecule has 1 N–H and O–H groups in total. The summed E-state index contributed by atoms with van der Waals surface area (Å²) >= 11 is 3.49. The van der Waals surface area contributed by atoms with E-state index in [1.165, 1.54) is 5.56 Å². The van der Waals surface area contributed by atoms with Crippen LogP contribution in [-0.2, 0) is 11.2 Å². The molecular formula is C14H18BrNO3. The maximum atomic E-state index is 9.38. The van der Waals surface area contributed by atoms with E-state index >= 15 is 0 Å². The normalized spacial score (nSPS) is 27.1. The van der Waals surface area contributed by atoms with Crippen molar-refractivity contribution < 1.29 is 14.6 Å². The Morgan fingerprint density at radius 3 is 3.16 bits per heavy atom. The maximum absolute atomic E-state index is 9.38. The molecule has 3 rings (SSSR count). The van der Waals surface area contributed by atoms with E-state index in [-0.39, 0.29) is 18.8 Å². The van der Waals surface area contributed by atoms with E-state index in [0.29, 0.717) is 6.61 Å². The number of ether oxygens (including phenoxy) is 2. The Morgan fingerprint density at radius 1 is 1.42 bits per heavy atom. The van der Waals surface area contributed by atoms with Crippen LogP contribution in [0.5, 0.6) is 5.75 Å². The van der Waals surface area contributed by atoms with Crippen LogP contribution < -0.4 is 4.74 Å². The monoisotopic (exact) mass is 327 g/mol. The second kappa shape index (κ2) is 5.79. The van der Waals surface area contributed by atoms with Crippen LogP contribution in [0, 0.1) is 0 Å². The minimum Gasteiger partial charge on any atom is -0.488 e. The van der Waals surface area contributed by atoms with Crippen LogP contribution in [0.4, 0.5) is 0 Å². The molecule has 104 valence electrons. The number of halogens is 1. The maximum Gasteiger partial charge on any atom is 0.123 e.